The lowest BCUT2D eigenvalue weighted by Crippen LogP contribution is -2.45. The van der Waals surface area contributed by atoms with Crippen LogP contribution in [-0.4, -0.2) is 31.5 Å². The van der Waals surface area contributed by atoms with Crippen molar-refractivity contribution in [3.63, 3.8) is 0 Å². The summed E-state index contributed by atoms with van der Waals surface area (Å²) in [5, 5.41) is 21.6. The molecule has 4 rings (SSSR count). The van der Waals surface area contributed by atoms with Gasteiger partial charge in [0.15, 0.2) is 6.34 Å². The third-order valence-electron chi connectivity index (χ3n) is 4.63. The molecule has 0 aliphatic carbocycles. The molecule has 1 aliphatic rings. The van der Waals surface area contributed by atoms with E-state index in [2.05, 4.69) is 15.4 Å². The maximum absolute atomic E-state index is 5.30. The second-order valence-electron chi connectivity index (χ2n) is 6.52. The Labute approximate surface area is 185 Å². The summed E-state index contributed by atoms with van der Waals surface area (Å²) in [5.41, 5.74) is 2.42. The van der Waals surface area contributed by atoms with Gasteiger partial charge in [-0.1, -0.05) is 30.3 Å². The van der Waals surface area contributed by atoms with Crippen molar-refractivity contribution in [2.45, 2.75) is 0 Å². The first-order valence-corrected chi connectivity index (χ1v) is 9.70. The molecule has 0 unspecified atom stereocenters. The molecule has 0 radical (unpaired) electrons. The van der Waals surface area contributed by atoms with Gasteiger partial charge in [0.2, 0.25) is 5.84 Å². The van der Waals surface area contributed by atoms with Gasteiger partial charge in [-0.2, -0.15) is 5.10 Å². The van der Waals surface area contributed by atoms with E-state index in [9.17, 15) is 0 Å². The van der Waals surface area contributed by atoms with E-state index in [0.29, 0.717) is 5.84 Å². The van der Waals surface area contributed by atoms with Crippen LogP contribution in [0.2, 0.25) is 0 Å². The minimum atomic E-state index is 0.561. The molecule has 0 fully saturated rings. The van der Waals surface area contributed by atoms with E-state index < -0.39 is 0 Å². The molecule has 0 spiro atoms. The highest BCUT2D eigenvalue weighted by Crippen LogP contribution is 2.33. The number of hydrazone groups is 2. The van der Waals surface area contributed by atoms with E-state index in [1.54, 1.807) is 29.6 Å². The number of nitrogens with zero attached hydrogens (tertiary/aromatic N) is 7. The fourth-order valence-electron chi connectivity index (χ4n) is 3.10. The van der Waals surface area contributed by atoms with Gasteiger partial charge in [-0.05, 0) is 53.8 Å². The number of hydrazine groups is 2. The first-order chi connectivity index (χ1) is 15.7. The lowest BCUT2D eigenvalue weighted by atomic mass is 10.2. The van der Waals surface area contributed by atoms with Crippen molar-refractivity contribution < 1.29 is 9.47 Å². The minimum Gasteiger partial charge on any atom is -0.497 e. The van der Waals surface area contributed by atoms with Gasteiger partial charge in [0.1, 0.15) is 11.5 Å². The van der Waals surface area contributed by atoms with Gasteiger partial charge in [-0.25, -0.2) is 0 Å². The molecule has 162 valence electrons. The highest BCUT2D eigenvalue weighted by Gasteiger charge is 2.35. The normalized spacial score (nSPS) is 13.8. The number of nitrogens with two attached hydrogens (primary N) is 1. The van der Waals surface area contributed by atoms with E-state index >= 15 is 0 Å². The standard InChI is InChI=1S/C22H22N8O2/c1-31-20-12-8-18(9-13-20)28-26-22(17-6-4-3-5-7-17)29(27-25-16-24-23)30(28)19-10-14-21(32-2)15-11-19/h3-16H,23H2,1-2H3. The number of amidine groups is 1. The van der Waals surface area contributed by atoms with E-state index in [-0.39, 0.29) is 0 Å². The van der Waals surface area contributed by atoms with E-state index in [4.69, 9.17) is 20.4 Å². The van der Waals surface area contributed by atoms with Crippen molar-refractivity contribution in [1.82, 2.24) is 5.12 Å². The molecular weight excluding hydrogens is 408 g/mol. The second-order valence-corrected chi connectivity index (χ2v) is 6.52. The molecule has 0 saturated carbocycles. The molecule has 0 bridgehead atoms. The fourth-order valence-corrected chi connectivity index (χ4v) is 3.10. The van der Waals surface area contributed by atoms with Gasteiger partial charge in [0.25, 0.3) is 0 Å². The van der Waals surface area contributed by atoms with Crippen LogP contribution in [-0.2, 0) is 0 Å². The Morgan fingerprint density at radius 1 is 0.812 bits per heavy atom. The van der Waals surface area contributed by atoms with Crippen LogP contribution < -0.4 is 25.6 Å². The number of anilines is 2. The Hall–Kier alpha value is -4.60. The zero-order chi connectivity index (χ0) is 22.3. The number of hydrogen-bond acceptors (Lipinski definition) is 8. The predicted octanol–water partition coefficient (Wildman–Crippen LogP) is 3.79. The molecule has 32 heavy (non-hydrogen) atoms. The van der Waals surface area contributed by atoms with Crippen LogP contribution >= 0.6 is 0 Å². The van der Waals surface area contributed by atoms with Crippen LogP contribution in [0.5, 0.6) is 11.5 Å². The van der Waals surface area contributed by atoms with Gasteiger partial charge in [-0.15, -0.1) is 25.6 Å². The Morgan fingerprint density at radius 2 is 1.41 bits per heavy atom. The van der Waals surface area contributed by atoms with E-state index in [1.165, 1.54) is 0 Å². The Morgan fingerprint density at radius 3 is 1.97 bits per heavy atom. The number of ether oxygens (including phenoxy) is 2. The highest BCUT2D eigenvalue weighted by atomic mass is 16.5. The molecule has 3 aromatic carbocycles. The summed E-state index contributed by atoms with van der Waals surface area (Å²) >= 11 is 0. The van der Waals surface area contributed by atoms with Crippen LogP contribution in [0.15, 0.2) is 99.4 Å². The molecule has 10 nitrogen and oxygen atoms in total. The van der Waals surface area contributed by atoms with Gasteiger partial charge in [0.05, 0.1) is 25.6 Å². The lowest BCUT2D eigenvalue weighted by Gasteiger charge is -2.31. The largest absolute Gasteiger partial charge is 0.497 e. The van der Waals surface area contributed by atoms with Crippen LogP contribution in [0.4, 0.5) is 11.4 Å². The van der Waals surface area contributed by atoms with Crippen LogP contribution in [0.25, 0.3) is 0 Å². The number of methoxy groups -OCH3 is 2. The van der Waals surface area contributed by atoms with Crippen molar-refractivity contribution >= 4 is 23.5 Å². The van der Waals surface area contributed by atoms with Crippen molar-refractivity contribution in [1.29, 1.82) is 0 Å². The summed E-state index contributed by atoms with van der Waals surface area (Å²) < 4.78 is 10.6. The Kier molecular flexibility index (Phi) is 6.12. The minimum absolute atomic E-state index is 0.561. The quantitative estimate of drug-likeness (QED) is 0.201. The molecule has 1 aliphatic heterocycles. The topological polar surface area (TPSA) is 104 Å². The highest BCUT2D eigenvalue weighted by molar-refractivity contribution is 6.02. The molecule has 0 saturated heterocycles. The molecule has 3 aromatic rings. The summed E-state index contributed by atoms with van der Waals surface area (Å²) in [4.78, 5) is 0. The van der Waals surface area contributed by atoms with Crippen molar-refractivity contribution in [2.24, 2.45) is 26.4 Å². The van der Waals surface area contributed by atoms with Gasteiger partial charge in [0, 0.05) is 5.56 Å². The molecule has 0 aromatic heterocycles. The van der Waals surface area contributed by atoms with E-state index in [0.717, 1.165) is 34.8 Å². The summed E-state index contributed by atoms with van der Waals surface area (Å²) in [6, 6.07) is 24.8. The average molecular weight is 430 g/mol. The third-order valence-corrected chi connectivity index (χ3v) is 4.63. The second kappa shape index (κ2) is 9.47. The summed E-state index contributed by atoms with van der Waals surface area (Å²) in [5.74, 6) is 7.24. The molecular formula is C22H22N8O2. The Bertz CT molecular complexity index is 1110. The fraction of sp³-hybridized carbons (Fsp3) is 0.0909. The maximum atomic E-state index is 5.30. The Balaban J connectivity index is 1.84. The number of benzene rings is 3. The summed E-state index contributed by atoms with van der Waals surface area (Å²) in [7, 11) is 3.25. The molecule has 10 heteroatoms. The van der Waals surface area contributed by atoms with Crippen molar-refractivity contribution in [3.05, 3.63) is 84.4 Å². The zero-order valence-electron chi connectivity index (χ0n) is 17.6. The average Bonchev–Trinajstić information content (AvgIpc) is 3.24. The molecule has 2 N–H and O–H groups in total. The SMILES string of the molecule is COc1ccc(N2N=C(c3ccccc3)N(N=NC=NN)N2c2ccc(OC)cc2)cc1. The molecule has 1 heterocycles. The van der Waals surface area contributed by atoms with E-state index in [1.807, 2.05) is 78.9 Å². The van der Waals surface area contributed by atoms with Crippen LogP contribution in [0, 0.1) is 0 Å². The first-order valence-electron chi connectivity index (χ1n) is 9.70. The van der Waals surface area contributed by atoms with Crippen molar-refractivity contribution in [2.75, 3.05) is 24.5 Å². The third kappa shape index (κ3) is 4.15. The molecule has 0 amide bonds. The van der Waals surface area contributed by atoms with Gasteiger partial charge >= 0.3 is 0 Å². The van der Waals surface area contributed by atoms with Crippen LogP contribution in [0.3, 0.4) is 0 Å². The summed E-state index contributed by atoms with van der Waals surface area (Å²) in [6.45, 7) is 0. The number of hydrogen-bond donors (Lipinski definition) is 1. The molecule has 0 atom stereocenters. The van der Waals surface area contributed by atoms with Crippen molar-refractivity contribution in [3.8, 4) is 11.5 Å². The lowest BCUT2D eigenvalue weighted by molar-refractivity contribution is 0.400. The zero-order valence-corrected chi connectivity index (χ0v) is 17.6. The predicted molar refractivity (Wildman–Crippen MR) is 123 cm³/mol. The smallest absolute Gasteiger partial charge is 0.205 e. The van der Waals surface area contributed by atoms with Gasteiger partial charge < -0.3 is 15.3 Å². The maximum Gasteiger partial charge on any atom is 0.205 e. The first kappa shape index (κ1) is 20.7. The number of rotatable bonds is 7. The summed E-state index contributed by atoms with van der Waals surface area (Å²) in [6.07, 6.45) is 1.16. The van der Waals surface area contributed by atoms with Crippen LogP contribution in [0.1, 0.15) is 5.56 Å². The van der Waals surface area contributed by atoms with Gasteiger partial charge in [-0.3, -0.25) is 0 Å². The monoisotopic (exact) mass is 430 g/mol.